The number of hydrogen-bond acceptors (Lipinski definition) is 6. The average molecular weight is 458 g/mol. The zero-order valence-corrected chi connectivity index (χ0v) is 19.3. The van der Waals surface area contributed by atoms with Gasteiger partial charge in [0.15, 0.2) is 0 Å². The topological polar surface area (TPSA) is 86.5 Å². The zero-order valence-electron chi connectivity index (χ0n) is 19.3. The fourth-order valence-corrected chi connectivity index (χ4v) is 3.40. The number of rotatable bonds is 10. The van der Waals surface area contributed by atoms with Crippen LogP contribution in [-0.4, -0.2) is 23.2 Å². The number of hydrogen-bond donors (Lipinski definition) is 1. The summed E-state index contributed by atoms with van der Waals surface area (Å²) in [4.78, 5) is 16.6. The van der Waals surface area contributed by atoms with Crippen LogP contribution >= 0.6 is 0 Å². The van der Waals surface area contributed by atoms with E-state index in [0.717, 1.165) is 28.2 Å². The normalized spacial score (nSPS) is 10.6. The monoisotopic (exact) mass is 457 g/mol. The highest BCUT2D eigenvalue weighted by molar-refractivity contribution is 5.76. The van der Waals surface area contributed by atoms with Crippen molar-refractivity contribution in [2.75, 3.05) is 7.11 Å². The third-order valence-corrected chi connectivity index (χ3v) is 5.28. The first kappa shape index (κ1) is 23.0. The van der Waals surface area contributed by atoms with E-state index in [1.54, 1.807) is 7.11 Å². The summed E-state index contributed by atoms with van der Waals surface area (Å²) in [5.74, 6) is 2.39. The number of carbonyl (C=O) groups is 1. The molecule has 0 radical (unpaired) electrons. The fourth-order valence-electron chi connectivity index (χ4n) is 3.40. The first-order valence-electron chi connectivity index (χ1n) is 11.1. The number of aryl methyl sites for hydroxylation is 2. The second kappa shape index (κ2) is 11.1. The minimum absolute atomic E-state index is 0.0797. The molecule has 0 aliphatic rings. The van der Waals surface area contributed by atoms with Crippen molar-refractivity contribution in [3.8, 4) is 22.9 Å². The largest absolute Gasteiger partial charge is 0.497 e. The van der Waals surface area contributed by atoms with Crippen molar-refractivity contribution >= 4 is 5.91 Å². The van der Waals surface area contributed by atoms with Gasteiger partial charge in [0.2, 0.25) is 17.6 Å². The van der Waals surface area contributed by atoms with Crippen molar-refractivity contribution in [1.29, 1.82) is 0 Å². The van der Waals surface area contributed by atoms with E-state index in [0.29, 0.717) is 31.3 Å². The van der Waals surface area contributed by atoms with Gasteiger partial charge in [-0.05, 0) is 54.4 Å². The molecule has 0 aliphatic carbocycles. The van der Waals surface area contributed by atoms with Gasteiger partial charge in [-0.2, -0.15) is 4.98 Å². The molecule has 0 aliphatic heterocycles. The second-order valence-electron chi connectivity index (χ2n) is 7.94. The van der Waals surface area contributed by atoms with Crippen molar-refractivity contribution in [1.82, 2.24) is 15.5 Å². The quantitative estimate of drug-likeness (QED) is 0.365. The molecular weight excluding hydrogens is 430 g/mol. The van der Waals surface area contributed by atoms with Crippen molar-refractivity contribution < 1.29 is 18.8 Å². The summed E-state index contributed by atoms with van der Waals surface area (Å²) >= 11 is 0. The molecule has 0 saturated heterocycles. The van der Waals surface area contributed by atoms with Gasteiger partial charge in [-0.25, -0.2) is 0 Å². The molecule has 1 amide bonds. The first-order chi connectivity index (χ1) is 16.6. The molecule has 4 aromatic rings. The molecule has 1 N–H and O–H groups in total. The number of aromatic nitrogens is 2. The van der Waals surface area contributed by atoms with Crippen LogP contribution in [0.3, 0.4) is 0 Å². The van der Waals surface area contributed by atoms with E-state index in [1.165, 1.54) is 5.56 Å². The smallest absolute Gasteiger partial charge is 0.227 e. The van der Waals surface area contributed by atoms with Gasteiger partial charge in [0.25, 0.3) is 0 Å². The molecule has 0 fully saturated rings. The van der Waals surface area contributed by atoms with Crippen LogP contribution < -0.4 is 14.8 Å². The Morgan fingerprint density at radius 3 is 2.47 bits per heavy atom. The first-order valence-corrected chi connectivity index (χ1v) is 11.1. The molecular formula is C27H27N3O4. The van der Waals surface area contributed by atoms with Crippen LogP contribution in [0.25, 0.3) is 11.4 Å². The average Bonchev–Trinajstić information content (AvgIpc) is 3.35. The van der Waals surface area contributed by atoms with Crippen LogP contribution in [0.5, 0.6) is 11.5 Å². The van der Waals surface area contributed by atoms with Crippen molar-refractivity contribution in [3.63, 3.8) is 0 Å². The number of methoxy groups -OCH3 is 1. The molecule has 174 valence electrons. The summed E-state index contributed by atoms with van der Waals surface area (Å²) in [5, 5.41) is 6.91. The number of benzene rings is 3. The molecule has 3 aromatic carbocycles. The number of ether oxygens (including phenoxy) is 2. The Kier molecular flexibility index (Phi) is 7.55. The summed E-state index contributed by atoms with van der Waals surface area (Å²) in [7, 11) is 1.61. The predicted octanol–water partition coefficient (Wildman–Crippen LogP) is 4.88. The van der Waals surface area contributed by atoms with Crippen LogP contribution in [0.1, 0.15) is 29.0 Å². The van der Waals surface area contributed by atoms with E-state index in [1.807, 2.05) is 60.7 Å². The Morgan fingerprint density at radius 1 is 0.971 bits per heavy atom. The molecule has 0 spiro atoms. The number of amides is 1. The SMILES string of the molecule is COc1ccc(-c2noc(CCC(=O)NCc3ccc(OCc4cccc(C)c4)cc3)n2)cc1. The molecule has 0 atom stereocenters. The van der Waals surface area contributed by atoms with Crippen LogP contribution in [-0.2, 0) is 24.4 Å². The van der Waals surface area contributed by atoms with Gasteiger partial charge in [-0.1, -0.05) is 47.1 Å². The van der Waals surface area contributed by atoms with E-state index < -0.39 is 0 Å². The van der Waals surface area contributed by atoms with Gasteiger partial charge < -0.3 is 19.3 Å². The van der Waals surface area contributed by atoms with Crippen LogP contribution in [0.2, 0.25) is 0 Å². The lowest BCUT2D eigenvalue weighted by Gasteiger charge is -2.09. The molecule has 4 rings (SSSR count). The number of nitrogens with one attached hydrogen (secondary N) is 1. The third-order valence-electron chi connectivity index (χ3n) is 5.28. The lowest BCUT2D eigenvalue weighted by molar-refractivity contribution is -0.121. The van der Waals surface area contributed by atoms with Gasteiger partial charge in [0, 0.05) is 24.9 Å². The van der Waals surface area contributed by atoms with Gasteiger partial charge >= 0.3 is 0 Å². The van der Waals surface area contributed by atoms with Gasteiger partial charge in [-0.15, -0.1) is 0 Å². The predicted molar refractivity (Wildman–Crippen MR) is 128 cm³/mol. The highest BCUT2D eigenvalue weighted by atomic mass is 16.5. The van der Waals surface area contributed by atoms with Crippen LogP contribution in [0.15, 0.2) is 77.3 Å². The summed E-state index contributed by atoms with van der Waals surface area (Å²) in [6.45, 7) is 3.03. The molecule has 1 heterocycles. The maximum absolute atomic E-state index is 12.3. The van der Waals surface area contributed by atoms with Crippen molar-refractivity contribution in [2.24, 2.45) is 0 Å². The lowest BCUT2D eigenvalue weighted by atomic mass is 10.1. The summed E-state index contributed by atoms with van der Waals surface area (Å²) in [5.41, 5.74) is 4.17. The molecule has 0 saturated carbocycles. The standard InChI is InChI=1S/C27H27N3O4/c1-19-4-3-5-21(16-19)18-33-24-10-6-20(7-11-24)17-28-25(31)14-15-26-29-27(30-34-26)22-8-12-23(32-2)13-9-22/h3-13,16H,14-15,17-18H2,1-2H3,(H,28,31). The minimum Gasteiger partial charge on any atom is -0.497 e. The Hall–Kier alpha value is -4.13. The zero-order chi connectivity index (χ0) is 23.8. The number of nitrogens with zero attached hydrogens (tertiary/aromatic N) is 2. The lowest BCUT2D eigenvalue weighted by Crippen LogP contribution is -2.23. The summed E-state index contributed by atoms with van der Waals surface area (Å²) in [6.07, 6.45) is 0.642. The van der Waals surface area contributed by atoms with E-state index >= 15 is 0 Å². The Labute approximate surface area is 198 Å². The molecule has 1 aromatic heterocycles. The van der Waals surface area contributed by atoms with Crippen molar-refractivity contribution in [2.45, 2.75) is 32.9 Å². The maximum atomic E-state index is 12.3. The highest BCUT2D eigenvalue weighted by Crippen LogP contribution is 2.20. The molecule has 0 bridgehead atoms. The summed E-state index contributed by atoms with van der Waals surface area (Å²) in [6, 6.07) is 23.4. The summed E-state index contributed by atoms with van der Waals surface area (Å²) < 4.78 is 16.3. The highest BCUT2D eigenvalue weighted by Gasteiger charge is 2.11. The molecule has 7 nitrogen and oxygen atoms in total. The Morgan fingerprint density at radius 2 is 1.74 bits per heavy atom. The van der Waals surface area contributed by atoms with Crippen LogP contribution in [0.4, 0.5) is 0 Å². The molecule has 7 heteroatoms. The fraction of sp³-hybridized carbons (Fsp3) is 0.222. The third kappa shape index (κ3) is 6.45. The van der Waals surface area contributed by atoms with Crippen LogP contribution in [0, 0.1) is 6.92 Å². The molecule has 0 unspecified atom stereocenters. The molecule has 34 heavy (non-hydrogen) atoms. The maximum Gasteiger partial charge on any atom is 0.227 e. The van der Waals surface area contributed by atoms with Crippen molar-refractivity contribution in [3.05, 3.63) is 95.4 Å². The second-order valence-corrected chi connectivity index (χ2v) is 7.94. The van der Waals surface area contributed by atoms with E-state index in [9.17, 15) is 4.79 Å². The van der Waals surface area contributed by atoms with Gasteiger partial charge in [0.05, 0.1) is 7.11 Å². The van der Waals surface area contributed by atoms with E-state index in [4.69, 9.17) is 14.0 Å². The minimum atomic E-state index is -0.0797. The van der Waals surface area contributed by atoms with E-state index in [-0.39, 0.29) is 12.3 Å². The van der Waals surface area contributed by atoms with E-state index in [2.05, 4.69) is 34.5 Å². The van der Waals surface area contributed by atoms with Gasteiger partial charge in [-0.3, -0.25) is 4.79 Å². The number of carbonyl (C=O) groups excluding carboxylic acids is 1. The Bertz CT molecular complexity index is 1220. The van der Waals surface area contributed by atoms with Gasteiger partial charge in [0.1, 0.15) is 18.1 Å². The Balaban J connectivity index is 1.20.